The summed E-state index contributed by atoms with van der Waals surface area (Å²) in [6.07, 6.45) is 2.92. The van der Waals surface area contributed by atoms with Crippen LogP contribution in [0.25, 0.3) is 5.70 Å². The summed E-state index contributed by atoms with van der Waals surface area (Å²) in [7, 11) is 1.69. The first-order chi connectivity index (χ1) is 12.7. The lowest BCUT2D eigenvalue weighted by Crippen LogP contribution is -2.43. The van der Waals surface area contributed by atoms with E-state index >= 15 is 0 Å². The smallest absolute Gasteiger partial charge is 0.251 e. The first-order valence-corrected chi connectivity index (χ1v) is 9.29. The molecule has 1 amide bonds. The molecule has 142 valence electrons. The van der Waals surface area contributed by atoms with Gasteiger partial charge in [-0.05, 0) is 25.8 Å². The summed E-state index contributed by atoms with van der Waals surface area (Å²) in [5.74, 6) is 0.646. The van der Waals surface area contributed by atoms with E-state index in [-0.39, 0.29) is 5.91 Å². The third kappa shape index (κ3) is 5.88. The van der Waals surface area contributed by atoms with Gasteiger partial charge in [0.25, 0.3) is 5.91 Å². The number of hydrogen-bond donors (Lipinski definition) is 3. The number of ether oxygens (including phenoxy) is 1. The normalized spacial score (nSPS) is 13.9. The molecule has 6 heteroatoms. The molecule has 0 atom stereocenters. The van der Waals surface area contributed by atoms with E-state index in [1.165, 1.54) is 0 Å². The maximum atomic E-state index is 12.6. The zero-order valence-corrected chi connectivity index (χ0v) is 16.0. The van der Waals surface area contributed by atoms with Gasteiger partial charge in [-0.25, -0.2) is 4.99 Å². The molecule has 0 radical (unpaired) electrons. The Hall–Kier alpha value is -2.34. The molecule has 6 nitrogen and oxygen atoms in total. The van der Waals surface area contributed by atoms with Crippen molar-refractivity contribution in [3.8, 4) is 0 Å². The number of methoxy groups -OCH3 is 1. The molecular formula is C20H30N4O2. The van der Waals surface area contributed by atoms with Gasteiger partial charge in [0, 0.05) is 32.4 Å². The highest BCUT2D eigenvalue weighted by atomic mass is 16.5. The van der Waals surface area contributed by atoms with Gasteiger partial charge in [0.1, 0.15) is 0 Å². The van der Waals surface area contributed by atoms with Gasteiger partial charge >= 0.3 is 0 Å². The quantitative estimate of drug-likeness (QED) is 0.592. The minimum Gasteiger partial charge on any atom is -0.385 e. The number of rotatable bonds is 9. The summed E-state index contributed by atoms with van der Waals surface area (Å²) in [4.78, 5) is 17.3. The molecule has 0 saturated heterocycles. The van der Waals surface area contributed by atoms with Crippen LogP contribution in [0.2, 0.25) is 0 Å². The van der Waals surface area contributed by atoms with Gasteiger partial charge in [-0.1, -0.05) is 37.1 Å². The number of carbonyl (C=O) groups excluding carboxylic acids is 1. The zero-order valence-electron chi connectivity index (χ0n) is 16.0. The zero-order chi connectivity index (χ0) is 18.8. The van der Waals surface area contributed by atoms with Gasteiger partial charge in [0.2, 0.25) is 0 Å². The molecule has 1 aliphatic heterocycles. The van der Waals surface area contributed by atoms with Crippen molar-refractivity contribution in [3.63, 3.8) is 0 Å². The average molecular weight is 358 g/mol. The number of nitrogens with one attached hydrogen (secondary N) is 3. The predicted octanol–water partition coefficient (Wildman–Crippen LogP) is 2.21. The molecule has 2 rings (SSSR count). The van der Waals surface area contributed by atoms with Crippen molar-refractivity contribution in [1.82, 2.24) is 16.0 Å². The highest BCUT2D eigenvalue weighted by Gasteiger charge is 2.21. The van der Waals surface area contributed by atoms with Crippen molar-refractivity contribution in [2.24, 2.45) is 4.99 Å². The summed E-state index contributed by atoms with van der Waals surface area (Å²) in [6.45, 7) is 6.76. The maximum absolute atomic E-state index is 12.6. The standard InChI is InChI=1S/C20H30N4O2/c1-4-5-10-21-19(25)17-14-23-20(22-11-7-12-26-3)24-18(17)16-9-6-8-15(2)13-16/h6,8-9,13H,4-5,7,10-12,14H2,1-3H3,(H,21,25)(H2,22,23,24). The van der Waals surface area contributed by atoms with Crippen molar-refractivity contribution in [1.29, 1.82) is 0 Å². The number of benzene rings is 1. The molecule has 1 heterocycles. The highest BCUT2D eigenvalue weighted by molar-refractivity contribution is 6.05. The van der Waals surface area contributed by atoms with Crippen LogP contribution in [0.5, 0.6) is 0 Å². The molecule has 1 aromatic rings. The number of aliphatic imine (C=N–C) groups is 1. The van der Waals surface area contributed by atoms with E-state index in [0.717, 1.165) is 42.6 Å². The van der Waals surface area contributed by atoms with Crippen LogP contribution in [0.4, 0.5) is 0 Å². The molecule has 0 fully saturated rings. The van der Waals surface area contributed by atoms with Gasteiger partial charge in [-0.3, -0.25) is 4.79 Å². The summed E-state index contributed by atoms with van der Waals surface area (Å²) >= 11 is 0. The van der Waals surface area contributed by atoms with Crippen LogP contribution in [-0.2, 0) is 9.53 Å². The fourth-order valence-electron chi connectivity index (χ4n) is 2.70. The number of hydrogen-bond acceptors (Lipinski definition) is 5. The van der Waals surface area contributed by atoms with Crippen molar-refractivity contribution in [2.45, 2.75) is 33.1 Å². The number of unbranched alkanes of at least 4 members (excludes halogenated alkanes) is 1. The maximum Gasteiger partial charge on any atom is 0.251 e. The topological polar surface area (TPSA) is 74.8 Å². The van der Waals surface area contributed by atoms with Gasteiger partial charge in [0.05, 0.1) is 17.8 Å². The summed E-state index contributed by atoms with van der Waals surface area (Å²) in [5, 5.41) is 9.49. The first-order valence-electron chi connectivity index (χ1n) is 9.29. The Morgan fingerprint density at radius 2 is 2.15 bits per heavy atom. The lowest BCUT2D eigenvalue weighted by Gasteiger charge is -2.22. The molecule has 0 spiro atoms. The second kappa shape index (κ2) is 10.6. The molecule has 0 aromatic heterocycles. The van der Waals surface area contributed by atoms with E-state index in [4.69, 9.17) is 9.73 Å². The van der Waals surface area contributed by atoms with E-state index in [1.807, 2.05) is 25.1 Å². The Morgan fingerprint density at radius 1 is 1.31 bits per heavy atom. The third-order valence-electron chi connectivity index (χ3n) is 4.14. The van der Waals surface area contributed by atoms with Gasteiger partial charge in [-0.2, -0.15) is 0 Å². The minimum absolute atomic E-state index is 0.0513. The Morgan fingerprint density at radius 3 is 2.88 bits per heavy atom. The second-order valence-electron chi connectivity index (χ2n) is 6.39. The SMILES string of the molecule is CCCCNC(=O)C1=C(c2cccc(C)c2)N=C(NCCCOC)NC1. The van der Waals surface area contributed by atoms with Gasteiger partial charge < -0.3 is 20.7 Å². The Kier molecular flexibility index (Phi) is 8.15. The van der Waals surface area contributed by atoms with Crippen molar-refractivity contribution >= 4 is 17.6 Å². The van der Waals surface area contributed by atoms with E-state index in [2.05, 4.69) is 28.9 Å². The summed E-state index contributed by atoms with van der Waals surface area (Å²) < 4.78 is 5.07. The number of nitrogens with zero attached hydrogens (tertiary/aromatic N) is 1. The van der Waals surface area contributed by atoms with Crippen LogP contribution in [0.15, 0.2) is 34.8 Å². The summed E-state index contributed by atoms with van der Waals surface area (Å²) in [5.41, 5.74) is 3.51. The first kappa shape index (κ1) is 20.0. The Bertz CT molecular complexity index is 668. The van der Waals surface area contributed by atoms with E-state index in [1.54, 1.807) is 7.11 Å². The fraction of sp³-hybridized carbons (Fsp3) is 0.500. The van der Waals surface area contributed by atoms with Gasteiger partial charge in [0.15, 0.2) is 5.96 Å². The number of guanidine groups is 1. The van der Waals surface area contributed by atoms with Crippen molar-refractivity contribution < 1.29 is 9.53 Å². The van der Waals surface area contributed by atoms with Crippen LogP contribution in [0, 0.1) is 6.92 Å². The highest BCUT2D eigenvalue weighted by Crippen LogP contribution is 2.23. The van der Waals surface area contributed by atoms with Crippen molar-refractivity contribution in [2.75, 3.05) is 33.4 Å². The molecule has 0 saturated carbocycles. The lowest BCUT2D eigenvalue weighted by molar-refractivity contribution is -0.117. The number of aryl methyl sites for hydroxylation is 1. The average Bonchev–Trinajstić information content (AvgIpc) is 2.65. The van der Waals surface area contributed by atoms with Crippen LogP contribution >= 0.6 is 0 Å². The number of amides is 1. The lowest BCUT2D eigenvalue weighted by atomic mass is 10.0. The second-order valence-corrected chi connectivity index (χ2v) is 6.39. The molecule has 0 aliphatic carbocycles. The van der Waals surface area contributed by atoms with Crippen molar-refractivity contribution in [3.05, 3.63) is 41.0 Å². The number of carbonyl (C=O) groups is 1. The largest absolute Gasteiger partial charge is 0.385 e. The molecule has 3 N–H and O–H groups in total. The predicted molar refractivity (Wildman–Crippen MR) is 106 cm³/mol. The molecule has 26 heavy (non-hydrogen) atoms. The molecule has 1 aromatic carbocycles. The monoisotopic (exact) mass is 358 g/mol. The van der Waals surface area contributed by atoms with E-state index < -0.39 is 0 Å². The van der Waals surface area contributed by atoms with E-state index in [0.29, 0.717) is 31.2 Å². The van der Waals surface area contributed by atoms with Crippen LogP contribution in [-0.4, -0.2) is 45.2 Å². The van der Waals surface area contributed by atoms with Crippen LogP contribution in [0.1, 0.15) is 37.3 Å². The minimum atomic E-state index is -0.0513. The van der Waals surface area contributed by atoms with Gasteiger partial charge in [-0.15, -0.1) is 0 Å². The molecule has 0 unspecified atom stereocenters. The molecular weight excluding hydrogens is 328 g/mol. The summed E-state index contributed by atoms with van der Waals surface area (Å²) in [6, 6.07) is 8.10. The van der Waals surface area contributed by atoms with Crippen LogP contribution in [0.3, 0.4) is 0 Å². The Balaban J connectivity index is 2.22. The Labute approximate surface area is 156 Å². The van der Waals surface area contributed by atoms with Crippen LogP contribution < -0.4 is 16.0 Å². The molecule has 0 bridgehead atoms. The molecule has 1 aliphatic rings. The van der Waals surface area contributed by atoms with E-state index in [9.17, 15) is 4.79 Å². The fourth-order valence-corrected chi connectivity index (χ4v) is 2.70. The third-order valence-corrected chi connectivity index (χ3v) is 4.14.